The molecule has 3 N–H and O–H groups in total. The van der Waals surface area contributed by atoms with E-state index in [4.69, 9.17) is 22.7 Å². The highest BCUT2D eigenvalue weighted by Crippen LogP contribution is 1.72. The van der Waals surface area contributed by atoms with Crippen LogP contribution in [0.2, 0.25) is 6.82 Å². The van der Waals surface area contributed by atoms with Crippen molar-refractivity contribution in [2.75, 3.05) is 0 Å². The summed E-state index contributed by atoms with van der Waals surface area (Å²) in [4.78, 5) is 0.388. The van der Waals surface area contributed by atoms with E-state index in [-0.39, 0.29) is 7.48 Å². The maximum atomic E-state index is 8.71. The van der Waals surface area contributed by atoms with E-state index in [1.165, 1.54) is 0 Å². The van der Waals surface area contributed by atoms with Gasteiger partial charge in [-0.3, -0.25) is 5.41 Å². The maximum absolute atomic E-state index is 8.71. The van der Waals surface area contributed by atoms with Gasteiger partial charge in [-0.2, -0.15) is 0 Å². The minimum absolute atomic E-state index is 0.143. The summed E-state index contributed by atoms with van der Waals surface area (Å²) in [5.74, 6) is 0. The first-order valence-corrected chi connectivity index (χ1v) is 3.15. The summed E-state index contributed by atoms with van der Waals surface area (Å²) >= 11 is 4.70. The zero-order valence-corrected chi connectivity index (χ0v) is 6.44. The van der Waals surface area contributed by atoms with Gasteiger partial charge < -0.3 is 14.9 Å². The van der Waals surface area contributed by atoms with Crippen molar-refractivity contribution in [3.05, 3.63) is 0 Å². The molecular weight excluding hydrogens is 150 g/mol. The third-order valence-corrected chi connectivity index (χ3v) is 0.903. The van der Waals surface area contributed by atoms with E-state index in [2.05, 4.69) is 9.88 Å². The Morgan fingerprint density at radius 3 is 3.00 bits per heavy atom. The van der Waals surface area contributed by atoms with E-state index in [1.54, 1.807) is 6.82 Å². The van der Waals surface area contributed by atoms with Crippen LogP contribution in [-0.2, 0) is 4.65 Å². The van der Waals surface area contributed by atoms with Crippen molar-refractivity contribution < 1.29 is 9.68 Å². The van der Waals surface area contributed by atoms with Crippen molar-refractivity contribution in [2.24, 2.45) is 0 Å². The zero-order valence-electron chi connectivity index (χ0n) is 5.63. The average Bonchev–Trinajstić information content (AvgIpc) is 1.82. The average molecular weight is 158 g/mol. The van der Waals surface area contributed by atoms with Crippen molar-refractivity contribution >= 4 is 38.0 Å². The second-order valence-electron chi connectivity index (χ2n) is 1.67. The molecule has 0 radical (unpaired) electrons. The molecule has 0 aromatic heterocycles. The van der Waals surface area contributed by atoms with E-state index in [1.807, 2.05) is 0 Å². The van der Waals surface area contributed by atoms with Crippen LogP contribution in [0.25, 0.3) is 0 Å². The number of thiocarbonyl (C=S) groups is 1. The Morgan fingerprint density at radius 2 is 2.60 bits per heavy atom. The van der Waals surface area contributed by atoms with Crippen LogP contribution in [0.4, 0.5) is 0 Å². The highest BCUT2D eigenvalue weighted by atomic mass is 32.1. The lowest BCUT2D eigenvalue weighted by atomic mass is 9.85. The Balaban J connectivity index is 3.34. The second-order valence-corrected chi connectivity index (χ2v) is 2.17. The Kier molecular flexibility index (Phi) is 4.96. The molecule has 0 atom stereocenters. The van der Waals surface area contributed by atoms with Gasteiger partial charge >= 0.3 is 14.5 Å². The van der Waals surface area contributed by atoms with Crippen LogP contribution in [0.5, 0.6) is 0 Å². The SMILES string of the molecule is CB(O)NC(=S)BOC=N. The van der Waals surface area contributed by atoms with E-state index in [9.17, 15) is 0 Å². The van der Waals surface area contributed by atoms with Gasteiger partial charge in [0.05, 0.1) is 4.89 Å². The number of rotatable bonds is 4. The fourth-order valence-corrected chi connectivity index (χ4v) is 0.631. The Bertz CT molecular complexity index is 132. The third kappa shape index (κ3) is 5.58. The van der Waals surface area contributed by atoms with Gasteiger partial charge in [0.2, 0.25) is 0 Å². The predicted molar refractivity (Wildman–Crippen MR) is 46.6 cm³/mol. The molecule has 0 aromatic rings. The van der Waals surface area contributed by atoms with Crippen molar-refractivity contribution in [1.29, 1.82) is 5.41 Å². The van der Waals surface area contributed by atoms with Gasteiger partial charge in [0.25, 0.3) is 0 Å². The lowest BCUT2D eigenvalue weighted by Gasteiger charge is -2.04. The maximum Gasteiger partial charge on any atom is 0.406 e. The smallest absolute Gasteiger partial charge is 0.406 e. The first-order valence-electron chi connectivity index (χ1n) is 2.74. The molecule has 0 spiro atoms. The van der Waals surface area contributed by atoms with Crippen molar-refractivity contribution in [2.45, 2.75) is 6.82 Å². The van der Waals surface area contributed by atoms with Crippen LogP contribution < -0.4 is 5.23 Å². The van der Waals surface area contributed by atoms with Gasteiger partial charge in [-0.15, -0.1) is 0 Å². The van der Waals surface area contributed by atoms with Gasteiger partial charge in [0.15, 0.2) is 0 Å². The molecule has 0 saturated carbocycles. The Hall–Kier alpha value is -0.550. The fourth-order valence-electron chi connectivity index (χ4n) is 0.392. The Labute approximate surface area is 65.9 Å². The summed E-state index contributed by atoms with van der Waals surface area (Å²) in [6, 6.07) is 0. The summed E-state index contributed by atoms with van der Waals surface area (Å²) in [6.07, 6.45) is 0.802. The van der Waals surface area contributed by atoms with E-state index in [0.29, 0.717) is 4.89 Å². The van der Waals surface area contributed by atoms with Gasteiger partial charge in [-0.05, 0) is 6.82 Å². The van der Waals surface area contributed by atoms with E-state index < -0.39 is 7.05 Å². The summed E-state index contributed by atoms with van der Waals surface area (Å²) < 4.78 is 4.52. The van der Waals surface area contributed by atoms with Crippen LogP contribution in [0.3, 0.4) is 0 Å². The third-order valence-electron chi connectivity index (χ3n) is 0.668. The molecule has 0 bridgehead atoms. The topological polar surface area (TPSA) is 65.3 Å². The van der Waals surface area contributed by atoms with Crippen molar-refractivity contribution in [1.82, 2.24) is 5.23 Å². The van der Waals surface area contributed by atoms with E-state index in [0.717, 1.165) is 6.40 Å². The minimum Gasteiger partial charge on any atom is -0.549 e. The molecule has 0 aliphatic rings. The summed E-state index contributed by atoms with van der Waals surface area (Å²) in [7, 11) is -0.522. The summed E-state index contributed by atoms with van der Waals surface area (Å²) in [5, 5.41) is 17.7. The molecule has 54 valence electrons. The first-order chi connectivity index (χ1) is 4.66. The molecule has 0 fully saturated rings. The normalized spacial score (nSPS) is 7.80. The lowest BCUT2D eigenvalue weighted by Crippen LogP contribution is -2.38. The van der Waals surface area contributed by atoms with Crippen LogP contribution >= 0.6 is 12.2 Å². The van der Waals surface area contributed by atoms with Crippen LogP contribution in [0, 0.1) is 5.41 Å². The molecule has 0 saturated heterocycles. The number of hydrogen-bond acceptors (Lipinski definition) is 4. The first kappa shape index (κ1) is 9.45. The molecule has 0 rings (SSSR count). The second kappa shape index (κ2) is 5.25. The van der Waals surface area contributed by atoms with Gasteiger partial charge in [0, 0.05) is 0 Å². The fraction of sp³-hybridized carbons (Fsp3) is 0.333. The van der Waals surface area contributed by atoms with Gasteiger partial charge in [-0.25, -0.2) is 0 Å². The van der Waals surface area contributed by atoms with Crippen molar-refractivity contribution in [3.63, 3.8) is 0 Å². The molecular formula is C3H8B2N2O2S. The Morgan fingerprint density at radius 1 is 2.00 bits per heavy atom. The predicted octanol–water partition coefficient (Wildman–Crippen LogP) is -1.05. The standard InChI is InChI=1S/C3H8B2N2O2S/c1-5(8)7-3(10)4-9-2-6/h2,4,6,8H,1H3,(H,7,10). The minimum atomic E-state index is -0.665. The van der Waals surface area contributed by atoms with Crippen LogP contribution in [0.15, 0.2) is 0 Å². The molecule has 0 amide bonds. The van der Waals surface area contributed by atoms with Gasteiger partial charge in [0.1, 0.15) is 6.40 Å². The quantitative estimate of drug-likeness (QED) is 0.211. The number of hydrogen-bond donors (Lipinski definition) is 3. The molecule has 7 heteroatoms. The molecule has 0 unspecified atom stereocenters. The lowest BCUT2D eigenvalue weighted by molar-refractivity contribution is 0.572. The highest BCUT2D eigenvalue weighted by Gasteiger charge is 2.06. The highest BCUT2D eigenvalue weighted by molar-refractivity contribution is 7.83. The summed E-state index contributed by atoms with van der Waals surface area (Å²) in [6.45, 7) is 1.55. The molecule has 10 heavy (non-hydrogen) atoms. The molecule has 0 aromatic carbocycles. The van der Waals surface area contributed by atoms with Gasteiger partial charge in [-0.1, -0.05) is 12.2 Å². The van der Waals surface area contributed by atoms with E-state index >= 15 is 0 Å². The molecule has 0 aliphatic heterocycles. The number of nitrogens with one attached hydrogen (secondary N) is 2. The molecule has 0 heterocycles. The monoisotopic (exact) mass is 158 g/mol. The molecule has 4 nitrogen and oxygen atoms in total. The zero-order chi connectivity index (χ0) is 7.98. The van der Waals surface area contributed by atoms with Crippen LogP contribution in [-0.4, -0.2) is 30.8 Å². The largest absolute Gasteiger partial charge is 0.549 e. The summed E-state index contributed by atoms with van der Waals surface area (Å²) in [5.41, 5.74) is 0. The van der Waals surface area contributed by atoms with Crippen molar-refractivity contribution in [3.8, 4) is 0 Å². The van der Waals surface area contributed by atoms with Crippen LogP contribution in [0.1, 0.15) is 0 Å². The molecule has 0 aliphatic carbocycles.